The predicted molar refractivity (Wildman–Crippen MR) is 56.2 cm³/mol. The normalized spacial score (nSPS) is 21.7. The lowest BCUT2D eigenvalue weighted by Crippen LogP contribution is -2.28. The summed E-state index contributed by atoms with van der Waals surface area (Å²) >= 11 is 5.53. The number of piperidine rings is 1. The second-order valence-corrected chi connectivity index (χ2v) is 4.19. The first-order chi connectivity index (χ1) is 7.20. The zero-order chi connectivity index (χ0) is 10.8. The van der Waals surface area contributed by atoms with Crippen molar-refractivity contribution in [2.24, 2.45) is 0 Å². The van der Waals surface area contributed by atoms with Gasteiger partial charge in [0.15, 0.2) is 0 Å². The molecule has 2 rings (SSSR count). The van der Waals surface area contributed by atoms with Gasteiger partial charge in [-0.3, -0.25) is 0 Å². The molecule has 1 heterocycles. The minimum Gasteiger partial charge on any atom is -0.316 e. The molecule has 1 N–H and O–H groups in total. The monoisotopic (exact) mass is 231 g/mol. The molecule has 15 heavy (non-hydrogen) atoms. The summed E-state index contributed by atoms with van der Waals surface area (Å²) in [7, 11) is 0. The van der Waals surface area contributed by atoms with Crippen LogP contribution >= 0.6 is 11.6 Å². The summed E-state index contributed by atoms with van der Waals surface area (Å²) in [6, 6.07) is 2.73. The summed E-state index contributed by atoms with van der Waals surface area (Å²) < 4.78 is 26.6. The van der Waals surface area contributed by atoms with E-state index in [2.05, 4.69) is 5.32 Å². The largest absolute Gasteiger partial charge is 0.316 e. The van der Waals surface area contributed by atoms with Gasteiger partial charge in [0.25, 0.3) is 0 Å². The zero-order valence-electron chi connectivity index (χ0n) is 8.19. The molecule has 0 unspecified atom stereocenters. The molecule has 0 bridgehead atoms. The van der Waals surface area contributed by atoms with Crippen LogP contribution in [0.5, 0.6) is 0 Å². The maximum absolute atomic E-state index is 13.6. The topological polar surface area (TPSA) is 12.0 Å². The molecular weight excluding hydrogens is 220 g/mol. The van der Waals surface area contributed by atoms with E-state index >= 15 is 0 Å². The van der Waals surface area contributed by atoms with E-state index in [9.17, 15) is 8.78 Å². The minimum atomic E-state index is -0.693. The molecule has 0 saturated carbocycles. The highest BCUT2D eigenvalue weighted by Gasteiger charge is 2.21. The van der Waals surface area contributed by atoms with Crippen LogP contribution in [0.1, 0.15) is 24.3 Å². The van der Waals surface area contributed by atoms with Gasteiger partial charge in [-0.2, -0.15) is 0 Å². The Hall–Kier alpha value is -0.670. The molecule has 1 nitrogen and oxygen atoms in total. The fourth-order valence-corrected chi connectivity index (χ4v) is 2.15. The first-order valence-electron chi connectivity index (χ1n) is 5.04. The van der Waals surface area contributed by atoms with E-state index in [1.54, 1.807) is 0 Å². The lowest BCUT2D eigenvalue weighted by molar-refractivity contribution is 0.444. The number of benzene rings is 1. The first-order valence-corrected chi connectivity index (χ1v) is 5.42. The van der Waals surface area contributed by atoms with Crippen LogP contribution in [0, 0.1) is 11.6 Å². The van der Waals surface area contributed by atoms with Crippen molar-refractivity contribution in [2.45, 2.75) is 18.8 Å². The lowest BCUT2D eigenvalue weighted by atomic mass is 9.91. The van der Waals surface area contributed by atoms with Gasteiger partial charge in [0.05, 0.1) is 0 Å². The standard InChI is InChI=1S/C11H12ClF2N/c12-10-9(13)4-3-8(11(10)14)7-2-1-5-15-6-7/h3-4,7,15H,1-2,5-6H2/t7-/m0/s1. The van der Waals surface area contributed by atoms with Gasteiger partial charge >= 0.3 is 0 Å². The molecule has 1 aromatic carbocycles. The SMILES string of the molecule is Fc1ccc([C@H]2CCCNC2)c(F)c1Cl. The van der Waals surface area contributed by atoms with Crippen molar-refractivity contribution >= 4 is 11.6 Å². The fourth-order valence-electron chi connectivity index (χ4n) is 1.97. The van der Waals surface area contributed by atoms with Crippen molar-refractivity contribution in [3.05, 3.63) is 34.4 Å². The molecule has 0 amide bonds. The Morgan fingerprint density at radius 1 is 1.33 bits per heavy atom. The van der Waals surface area contributed by atoms with Crippen LogP contribution in [0.4, 0.5) is 8.78 Å². The quantitative estimate of drug-likeness (QED) is 0.733. The maximum Gasteiger partial charge on any atom is 0.148 e. The first kappa shape index (κ1) is 10.8. The van der Waals surface area contributed by atoms with Gasteiger partial charge in [-0.1, -0.05) is 17.7 Å². The molecule has 4 heteroatoms. The summed E-state index contributed by atoms with van der Waals surface area (Å²) in [5.41, 5.74) is 0.522. The third-order valence-electron chi connectivity index (χ3n) is 2.80. The average Bonchev–Trinajstić information content (AvgIpc) is 2.27. The number of nitrogens with one attached hydrogen (secondary N) is 1. The van der Waals surface area contributed by atoms with Gasteiger partial charge in [-0.05, 0) is 36.9 Å². The summed E-state index contributed by atoms with van der Waals surface area (Å²) in [5.74, 6) is -1.19. The second-order valence-electron chi connectivity index (χ2n) is 3.81. The van der Waals surface area contributed by atoms with Crippen molar-refractivity contribution in [3.63, 3.8) is 0 Å². The zero-order valence-corrected chi connectivity index (χ0v) is 8.95. The summed E-state index contributed by atoms with van der Waals surface area (Å²) in [4.78, 5) is 0. The predicted octanol–water partition coefficient (Wildman–Crippen LogP) is 3.09. The summed E-state index contributed by atoms with van der Waals surface area (Å²) in [6.07, 6.45) is 1.94. The number of halogens is 3. The van der Waals surface area contributed by atoms with E-state index in [0.29, 0.717) is 5.56 Å². The van der Waals surface area contributed by atoms with Crippen molar-refractivity contribution in [1.82, 2.24) is 5.32 Å². The van der Waals surface area contributed by atoms with E-state index in [1.165, 1.54) is 12.1 Å². The van der Waals surface area contributed by atoms with E-state index in [0.717, 1.165) is 25.9 Å². The molecule has 1 aliphatic heterocycles. The Balaban J connectivity index is 2.31. The van der Waals surface area contributed by atoms with Gasteiger partial charge in [0, 0.05) is 6.54 Å². The van der Waals surface area contributed by atoms with Gasteiger partial charge in [0.1, 0.15) is 16.7 Å². The number of hydrogen-bond acceptors (Lipinski definition) is 1. The molecule has 1 aliphatic rings. The maximum atomic E-state index is 13.6. The van der Waals surface area contributed by atoms with Crippen molar-refractivity contribution < 1.29 is 8.78 Å². The van der Waals surface area contributed by atoms with Gasteiger partial charge in [-0.25, -0.2) is 8.78 Å². The molecule has 1 saturated heterocycles. The van der Waals surface area contributed by atoms with E-state index in [4.69, 9.17) is 11.6 Å². The van der Waals surface area contributed by atoms with Crippen LogP contribution in [0.2, 0.25) is 5.02 Å². The Kier molecular flexibility index (Phi) is 3.22. The van der Waals surface area contributed by atoms with Crippen LogP contribution < -0.4 is 5.32 Å². The Labute approximate surface area is 92.4 Å². The third kappa shape index (κ3) is 2.13. The Morgan fingerprint density at radius 3 is 2.80 bits per heavy atom. The van der Waals surface area contributed by atoms with Crippen LogP contribution in [0.3, 0.4) is 0 Å². The molecular formula is C11H12ClF2N. The molecule has 0 aliphatic carbocycles. The van der Waals surface area contributed by atoms with Gasteiger partial charge < -0.3 is 5.32 Å². The van der Waals surface area contributed by atoms with Crippen LogP contribution in [-0.2, 0) is 0 Å². The molecule has 0 radical (unpaired) electrons. The number of rotatable bonds is 1. The molecule has 1 aromatic rings. The van der Waals surface area contributed by atoms with Crippen LogP contribution in [0.25, 0.3) is 0 Å². The van der Waals surface area contributed by atoms with E-state index in [-0.39, 0.29) is 5.92 Å². The van der Waals surface area contributed by atoms with Crippen molar-refractivity contribution in [2.75, 3.05) is 13.1 Å². The molecule has 0 aromatic heterocycles. The van der Waals surface area contributed by atoms with E-state index in [1.807, 2.05) is 0 Å². The van der Waals surface area contributed by atoms with Crippen molar-refractivity contribution in [3.8, 4) is 0 Å². The Morgan fingerprint density at radius 2 is 2.13 bits per heavy atom. The highest BCUT2D eigenvalue weighted by molar-refractivity contribution is 6.30. The molecule has 1 fully saturated rings. The lowest BCUT2D eigenvalue weighted by Gasteiger charge is -2.23. The third-order valence-corrected chi connectivity index (χ3v) is 3.15. The number of hydrogen-bond donors (Lipinski definition) is 1. The van der Waals surface area contributed by atoms with Crippen LogP contribution in [-0.4, -0.2) is 13.1 Å². The van der Waals surface area contributed by atoms with Gasteiger partial charge in [-0.15, -0.1) is 0 Å². The fraction of sp³-hybridized carbons (Fsp3) is 0.455. The highest BCUT2D eigenvalue weighted by Crippen LogP contribution is 2.30. The molecule has 1 atom stereocenters. The average molecular weight is 232 g/mol. The summed E-state index contributed by atoms with van der Waals surface area (Å²) in [6.45, 7) is 1.70. The van der Waals surface area contributed by atoms with E-state index < -0.39 is 16.7 Å². The van der Waals surface area contributed by atoms with Gasteiger partial charge in [0.2, 0.25) is 0 Å². The smallest absolute Gasteiger partial charge is 0.148 e. The molecule has 0 spiro atoms. The minimum absolute atomic E-state index is 0.108. The Bertz CT molecular complexity index is 362. The second kappa shape index (κ2) is 4.45. The van der Waals surface area contributed by atoms with Crippen LogP contribution in [0.15, 0.2) is 12.1 Å². The summed E-state index contributed by atoms with van der Waals surface area (Å²) in [5, 5.41) is 2.80. The molecule has 82 valence electrons. The highest BCUT2D eigenvalue weighted by atomic mass is 35.5. The van der Waals surface area contributed by atoms with Crippen molar-refractivity contribution in [1.29, 1.82) is 0 Å².